The van der Waals surface area contributed by atoms with Crippen molar-refractivity contribution in [1.82, 2.24) is 35.7 Å². The number of fused-ring (bicyclic) bond motifs is 5. The first-order chi connectivity index (χ1) is 27.0. The molecule has 0 radical (unpaired) electrons. The van der Waals surface area contributed by atoms with Crippen LogP contribution < -0.4 is 16.0 Å². The summed E-state index contributed by atoms with van der Waals surface area (Å²) >= 11 is 0. The zero-order chi connectivity index (χ0) is 39.7. The van der Waals surface area contributed by atoms with Gasteiger partial charge in [0.1, 0.15) is 23.7 Å². The molecular formula is C42H54N8O6. The van der Waals surface area contributed by atoms with Gasteiger partial charge >= 0.3 is 12.2 Å². The van der Waals surface area contributed by atoms with Crippen LogP contribution in [0.5, 0.6) is 0 Å². The number of aliphatic imine (C=N–C) groups is 1. The topological polar surface area (TPSA) is 170 Å². The molecule has 3 heterocycles. The van der Waals surface area contributed by atoms with Crippen molar-refractivity contribution < 1.29 is 28.7 Å². The van der Waals surface area contributed by atoms with E-state index < -0.39 is 24.3 Å². The second-order valence-electron chi connectivity index (χ2n) is 15.8. The summed E-state index contributed by atoms with van der Waals surface area (Å²) in [4.78, 5) is 67.7. The van der Waals surface area contributed by atoms with Crippen LogP contribution in [0.4, 0.5) is 9.59 Å². The van der Waals surface area contributed by atoms with Gasteiger partial charge in [-0.25, -0.2) is 14.6 Å². The number of ether oxygens (including phenoxy) is 2. The molecule has 2 bridgehead atoms. The maximum Gasteiger partial charge on any atom is 0.407 e. The third-order valence-electron chi connectivity index (χ3n) is 12.1. The number of likely N-dealkylation sites (tertiary alicyclic amines) is 2. The molecule has 3 aromatic rings. The van der Waals surface area contributed by atoms with E-state index in [4.69, 9.17) is 14.5 Å². The second-order valence-corrected chi connectivity index (χ2v) is 15.8. The van der Waals surface area contributed by atoms with Crippen LogP contribution >= 0.6 is 0 Å². The second kappa shape index (κ2) is 16.4. The number of aromatic amines is 1. The maximum absolute atomic E-state index is 13.6. The van der Waals surface area contributed by atoms with Crippen LogP contribution in [0, 0.1) is 11.8 Å². The van der Waals surface area contributed by atoms with Crippen molar-refractivity contribution in [3.8, 4) is 22.4 Å². The Bertz CT molecular complexity index is 2010. The molecule has 2 aromatic carbocycles. The molecule has 7 rings (SSSR count). The van der Waals surface area contributed by atoms with Crippen molar-refractivity contribution in [3.63, 3.8) is 0 Å². The average molecular weight is 767 g/mol. The summed E-state index contributed by atoms with van der Waals surface area (Å²) in [7, 11) is 4.34. The number of H-pyrrole nitrogens is 1. The average Bonchev–Trinajstić information content (AvgIpc) is 4.04. The number of piperidine rings is 1. The highest BCUT2D eigenvalue weighted by atomic mass is 16.5. The summed E-state index contributed by atoms with van der Waals surface area (Å²) in [5.41, 5.74) is 8.15. The molecule has 2 saturated heterocycles. The van der Waals surface area contributed by atoms with Crippen molar-refractivity contribution >= 4 is 29.8 Å². The maximum atomic E-state index is 13.6. The van der Waals surface area contributed by atoms with Gasteiger partial charge in [0, 0.05) is 26.2 Å². The lowest BCUT2D eigenvalue weighted by molar-refractivity contribution is -0.137. The Morgan fingerprint density at radius 3 is 2.36 bits per heavy atom. The Kier molecular flexibility index (Phi) is 11.4. The number of nitrogens with zero attached hydrogens (tertiary/aromatic N) is 4. The van der Waals surface area contributed by atoms with Crippen LogP contribution in [0.15, 0.2) is 47.6 Å². The van der Waals surface area contributed by atoms with E-state index in [1.54, 1.807) is 14.0 Å². The van der Waals surface area contributed by atoms with Crippen LogP contribution in [0.2, 0.25) is 0 Å². The number of hydrogen-bond donors (Lipinski definition) is 4. The fourth-order valence-corrected chi connectivity index (χ4v) is 9.27. The number of alkyl carbamates (subject to hydrolysis) is 2. The van der Waals surface area contributed by atoms with Gasteiger partial charge < -0.3 is 40.2 Å². The Morgan fingerprint density at radius 1 is 0.929 bits per heavy atom. The molecule has 6 unspecified atom stereocenters. The highest BCUT2D eigenvalue weighted by Gasteiger charge is 2.50. The minimum atomic E-state index is -0.695. The van der Waals surface area contributed by atoms with E-state index in [2.05, 4.69) is 62.3 Å². The fourth-order valence-electron chi connectivity index (χ4n) is 9.27. The SMILES string of the molecule is CN=C(NCc1ccc2c(c1)CCc1cc(-c3cnc(C4C5CCC(C5)N4C(=O)C(C)NC(=O)OC)[nH]3)ccc1-2)C1CCCN1C(=O)C(NC(=O)OC)C(C)C. The predicted molar refractivity (Wildman–Crippen MR) is 212 cm³/mol. The van der Waals surface area contributed by atoms with Crippen LogP contribution in [0.3, 0.4) is 0 Å². The number of nitrogens with one attached hydrogen (secondary N) is 4. The number of amidine groups is 1. The molecule has 4 amide bonds. The number of aromatic nitrogens is 2. The zero-order valence-corrected chi connectivity index (χ0v) is 33.2. The Balaban J connectivity index is 1.02. The van der Waals surface area contributed by atoms with Gasteiger partial charge in [-0.05, 0) is 103 Å². The lowest BCUT2D eigenvalue weighted by atomic mass is 9.84. The predicted octanol–water partition coefficient (Wildman–Crippen LogP) is 5.13. The lowest BCUT2D eigenvalue weighted by Crippen LogP contribution is -2.55. The summed E-state index contributed by atoms with van der Waals surface area (Å²) in [6.07, 6.45) is 7.07. The van der Waals surface area contributed by atoms with E-state index in [-0.39, 0.29) is 35.9 Å². The van der Waals surface area contributed by atoms with E-state index in [0.29, 0.717) is 19.0 Å². The largest absolute Gasteiger partial charge is 0.453 e. The number of aryl methyl sites for hydroxylation is 2. The Morgan fingerprint density at radius 2 is 1.64 bits per heavy atom. The van der Waals surface area contributed by atoms with Gasteiger partial charge in [0.25, 0.3) is 0 Å². The van der Waals surface area contributed by atoms with Crippen molar-refractivity contribution in [2.75, 3.05) is 27.8 Å². The molecule has 4 N–H and O–H groups in total. The molecule has 2 aliphatic carbocycles. The quantitative estimate of drug-likeness (QED) is 0.163. The summed E-state index contributed by atoms with van der Waals surface area (Å²) in [6.45, 7) is 6.70. The highest BCUT2D eigenvalue weighted by molar-refractivity contribution is 5.94. The fraction of sp³-hybridized carbons (Fsp3) is 0.524. The van der Waals surface area contributed by atoms with E-state index in [0.717, 1.165) is 73.4 Å². The Hall–Kier alpha value is -5.40. The highest BCUT2D eigenvalue weighted by Crippen LogP contribution is 2.50. The van der Waals surface area contributed by atoms with Crippen LogP contribution in [-0.2, 0) is 38.4 Å². The molecule has 14 nitrogen and oxygen atoms in total. The number of rotatable bonds is 10. The van der Waals surface area contributed by atoms with Crippen molar-refractivity contribution in [1.29, 1.82) is 0 Å². The number of imidazole rings is 1. The van der Waals surface area contributed by atoms with Gasteiger partial charge in [0.05, 0.1) is 38.2 Å². The third kappa shape index (κ3) is 7.57. The molecule has 2 aliphatic heterocycles. The zero-order valence-electron chi connectivity index (χ0n) is 33.2. The molecule has 56 heavy (non-hydrogen) atoms. The molecule has 4 aliphatic rings. The number of methoxy groups -OCH3 is 2. The Labute approximate surface area is 328 Å². The molecule has 3 fully saturated rings. The summed E-state index contributed by atoms with van der Waals surface area (Å²) in [6, 6.07) is 11.6. The summed E-state index contributed by atoms with van der Waals surface area (Å²) in [5, 5.41) is 8.88. The first kappa shape index (κ1) is 38.9. The summed E-state index contributed by atoms with van der Waals surface area (Å²) < 4.78 is 9.50. The minimum Gasteiger partial charge on any atom is -0.453 e. The number of benzene rings is 2. The molecule has 14 heteroatoms. The van der Waals surface area contributed by atoms with Gasteiger partial charge in [0.2, 0.25) is 11.8 Å². The molecule has 1 saturated carbocycles. The minimum absolute atomic E-state index is 0.0982. The van der Waals surface area contributed by atoms with Gasteiger partial charge in [-0.2, -0.15) is 0 Å². The monoisotopic (exact) mass is 766 g/mol. The molecule has 0 spiro atoms. The first-order valence-corrected chi connectivity index (χ1v) is 19.8. The van der Waals surface area contributed by atoms with Crippen molar-refractivity contribution in [2.24, 2.45) is 16.8 Å². The molecule has 1 aromatic heterocycles. The lowest BCUT2D eigenvalue weighted by Gasteiger charge is -2.36. The first-order valence-electron chi connectivity index (χ1n) is 19.8. The summed E-state index contributed by atoms with van der Waals surface area (Å²) in [5.74, 6) is 1.54. The number of hydrogen-bond acceptors (Lipinski definition) is 8. The smallest absolute Gasteiger partial charge is 0.407 e. The van der Waals surface area contributed by atoms with E-state index in [1.165, 1.54) is 36.5 Å². The van der Waals surface area contributed by atoms with Crippen LogP contribution in [-0.4, -0.2) is 102 Å². The van der Waals surface area contributed by atoms with Gasteiger partial charge in [0.15, 0.2) is 0 Å². The van der Waals surface area contributed by atoms with Gasteiger partial charge in [-0.1, -0.05) is 44.2 Å². The molecular weight excluding hydrogens is 713 g/mol. The molecule has 6 atom stereocenters. The standard InChI is InChI=1S/C42H54N8O6/c1-23(2)35(48-42(54)56-6)40(52)49-17-7-8-34(49)37(43-4)44-21-25-9-15-31-26(18-25)10-11-27-19-28(13-16-32(27)31)33-22-45-38(47-33)36-29-12-14-30(20-29)50(36)39(51)24(3)46-41(53)55-5/h9,13,15-16,18-19,22-24,29-30,34-36H,7-8,10-12,14,17,20-21H2,1-6H3,(H,43,44)(H,45,47)(H,46,53)(H,48,54). The van der Waals surface area contributed by atoms with Gasteiger partial charge in [-0.3, -0.25) is 14.6 Å². The van der Waals surface area contributed by atoms with E-state index >= 15 is 0 Å². The van der Waals surface area contributed by atoms with Crippen LogP contribution in [0.1, 0.15) is 81.4 Å². The van der Waals surface area contributed by atoms with Crippen molar-refractivity contribution in [3.05, 3.63) is 65.1 Å². The normalized spacial score (nSPS) is 22.3. The number of amides is 4. The number of carbonyl (C=O) groups is 4. The molecule has 298 valence electrons. The van der Waals surface area contributed by atoms with E-state index in [9.17, 15) is 19.2 Å². The van der Waals surface area contributed by atoms with Crippen LogP contribution in [0.25, 0.3) is 22.4 Å². The van der Waals surface area contributed by atoms with E-state index in [1.807, 2.05) is 29.8 Å². The third-order valence-corrected chi connectivity index (χ3v) is 12.1. The van der Waals surface area contributed by atoms with Crippen molar-refractivity contribution in [2.45, 2.75) is 102 Å². The number of carbonyl (C=O) groups excluding carboxylic acids is 4. The van der Waals surface area contributed by atoms with Gasteiger partial charge in [-0.15, -0.1) is 0 Å².